The average Bonchev–Trinajstić information content (AvgIpc) is 2.71. The molecular weight excluding hydrogens is 264 g/mol. The van der Waals surface area contributed by atoms with Gasteiger partial charge in [-0.1, -0.05) is 5.16 Å². The van der Waals surface area contributed by atoms with Crippen LogP contribution < -0.4 is 5.32 Å². The van der Waals surface area contributed by atoms with Crippen LogP contribution in [0.4, 0.5) is 5.82 Å². The van der Waals surface area contributed by atoms with Crippen LogP contribution in [0.1, 0.15) is 10.5 Å². The van der Waals surface area contributed by atoms with Gasteiger partial charge in [0.15, 0.2) is 5.82 Å². The van der Waals surface area contributed by atoms with E-state index in [0.717, 1.165) is 0 Å². The normalized spacial score (nSPS) is 9.93. The Labute approximate surface area is 92.8 Å². The zero-order chi connectivity index (χ0) is 10.7. The third-order valence-corrected chi connectivity index (χ3v) is 2.14. The van der Waals surface area contributed by atoms with Crippen molar-refractivity contribution in [2.75, 3.05) is 5.32 Å². The first-order chi connectivity index (χ1) is 7.27. The predicted octanol–water partition coefficient (Wildman–Crippen LogP) is 1.48. The van der Waals surface area contributed by atoms with Crippen LogP contribution in [0.3, 0.4) is 0 Å². The van der Waals surface area contributed by atoms with E-state index in [2.05, 4.69) is 40.9 Å². The molecule has 2 aromatic rings. The highest BCUT2D eigenvalue weighted by molar-refractivity contribution is 9.10. The highest BCUT2D eigenvalue weighted by Crippen LogP contribution is 2.13. The first kappa shape index (κ1) is 9.78. The van der Waals surface area contributed by atoms with Crippen molar-refractivity contribution in [2.45, 2.75) is 0 Å². The average molecular weight is 269 g/mol. The van der Waals surface area contributed by atoms with E-state index >= 15 is 0 Å². The number of nitrogens with one attached hydrogen (secondary N) is 1. The topological polar surface area (TPSA) is 80.9 Å². The van der Waals surface area contributed by atoms with Crippen molar-refractivity contribution in [1.82, 2.24) is 15.1 Å². The maximum absolute atomic E-state index is 11.6. The van der Waals surface area contributed by atoms with Crippen LogP contribution in [0.2, 0.25) is 0 Å². The summed E-state index contributed by atoms with van der Waals surface area (Å²) >= 11 is 3.17. The molecule has 0 aliphatic heterocycles. The molecule has 2 heterocycles. The van der Waals surface area contributed by atoms with Crippen molar-refractivity contribution >= 4 is 27.7 Å². The summed E-state index contributed by atoms with van der Waals surface area (Å²) in [6.07, 6.45) is 4.15. The molecule has 0 aliphatic rings. The molecule has 0 aliphatic carbocycles. The number of aromatic nitrogens is 3. The first-order valence-corrected chi connectivity index (χ1v) is 4.74. The van der Waals surface area contributed by atoms with E-state index in [-0.39, 0.29) is 11.6 Å². The van der Waals surface area contributed by atoms with Crippen LogP contribution in [0.25, 0.3) is 0 Å². The molecular formula is C8H5BrN4O2. The number of amides is 1. The number of hydrogen-bond donors (Lipinski definition) is 1. The molecule has 0 atom stereocenters. The number of carbonyl (C=O) groups excluding carboxylic acids is 1. The number of nitrogens with zero attached hydrogens (tertiary/aromatic N) is 3. The van der Waals surface area contributed by atoms with Crippen molar-refractivity contribution in [1.29, 1.82) is 0 Å². The lowest BCUT2D eigenvalue weighted by Gasteiger charge is -2.01. The Bertz CT molecular complexity index is 471. The second-order valence-electron chi connectivity index (χ2n) is 2.56. The summed E-state index contributed by atoms with van der Waals surface area (Å²) in [5.74, 6) is -0.0383. The van der Waals surface area contributed by atoms with Crippen LogP contribution in [-0.2, 0) is 0 Å². The SMILES string of the molecule is O=C(Nc1ccon1)c1ncncc1Br. The van der Waals surface area contributed by atoms with Gasteiger partial charge in [0.1, 0.15) is 18.3 Å². The summed E-state index contributed by atoms with van der Waals surface area (Å²) in [4.78, 5) is 19.2. The monoisotopic (exact) mass is 268 g/mol. The molecule has 6 nitrogen and oxygen atoms in total. The van der Waals surface area contributed by atoms with Crippen LogP contribution in [-0.4, -0.2) is 21.0 Å². The highest BCUT2D eigenvalue weighted by atomic mass is 79.9. The van der Waals surface area contributed by atoms with E-state index in [9.17, 15) is 4.79 Å². The Kier molecular flexibility index (Phi) is 2.72. The van der Waals surface area contributed by atoms with Crippen LogP contribution in [0.15, 0.2) is 33.8 Å². The smallest absolute Gasteiger partial charge is 0.276 e. The summed E-state index contributed by atoms with van der Waals surface area (Å²) in [5.41, 5.74) is 0.244. The fourth-order valence-electron chi connectivity index (χ4n) is 0.932. The quantitative estimate of drug-likeness (QED) is 0.892. The summed E-state index contributed by atoms with van der Waals surface area (Å²) in [6, 6.07) is 1.53. The van der Waals surface area contributed by atoms with Gasteiger partial charge >= 0.3 is 0 Å². The molecule has 7 heteroatoms. The number of rotatable bonds is 2. The molecule has 0 unspecified atom stereocenters. The Morgan fingerprint density at radius 3 is 3.07 bits per heavy atom. The second-order valence-corrected chi connectivity index (χ2v) is 3.41. The van der Waals surface area contributed by atoms with Crippen molar-refractivity contribution in [3.8, 4) is 0 Å². The third kappa shape index (κ3) is 2.18. The minimum Gasteiger partial charge on any atom is -0.363 e. The summed E-state index contributed by atoms with van der Waals surface area (Å²) in [7, 11) is 0. The molecule has 0 radical (unpaired) electrons. The zero-order valence-corrected chi connectivity index (χ0v) is 8.93. The van der Waals surface area contributed by atoms with E-state index < -0.39 is 0 Å². The molecule has 0 saturated heterocycles. The van der Waals surface area contributed by atoms with E-state index in [0.29, 0.717) is 10.3 Å². The summed E-state index contributed by atoms with van der Waals surface area (Å²) in [5, 5.41) is 6.06. The molecule has 0 saturated carbocycles. The third-order valence-electron chi connectivity index (χ3n) is 1.56. The van der Waals surface area contributed by atoms with Gasteiger partial charge in [0, 0.05) is 12.3 Å². The lowest BCUT2D eigenvalue weighted by atomic mass is 10.4. The van der Waals surface area contributed by atoms with Gasteiger partial charge in [-0.2, -0.15) is 0 Å². The van der Waals surface area contributed by atoms with Crippen molar-refractivity contribution in [3.05, 3.63) is 35.0 Å². The minimum atomic E-state index is -0.377. The Morgan fingerprint density at radius 1 is 1.53 bits per heavy atom. The number of anilines is 1. The van der Waals surface area contributed by atoms with Gasteiger partial charge in [-0.05, 0) is 15.9 Å². The molecule has 2 rings (SSSR count). The Balaban J connectivity index is 2.19. The zero-order valence-electron chi connectivity index (χ0n) is 7.35. The van der Waals surface area contributed by atoms with Gasteiger partial charge in [-0.25, -0.2) is 9.97 Å². The van der Waals surface area contributed by atoms with Gasteiger partial charge < -0.3 is 9.84 Å². The predicted molar refractivity (Wildman–Crippen MR) is 54.2 cm³/mol. The van der Waals surface area contributed by atoms with Gasteiger partial charge in [-0.15, -0.1) is 0 Å². The molecule has 15 heavy (non-hydrogen) atoms. The molecule has 2 aromatic heterocycles. The van der Waals surface area contributed by atoms with E-state index in [4.69, 9.17) is 0 Å². The fourth-order valence-corrected chi connectivity index (χ4v) is 1.33. The van der Waals surface area contributed by atoms with Gasteiger partial charge in [0.05, 0.1) is 4.47 Å². The van der Waals surface area contributed by atoms with Crippen molar-refractivity contribution in [2.24, 2.45) is 0 Å². The Morgan fingerprint density at radius 2 is 2.40 bits per heavy atom. The fraction of sp³-hybridized carbons (Fsp3) is 0. The molecule has 0 spiro atoms. The van der Waals surface area contributed by atoms with Crippen LogP contribution >= 0.6 is 15.9 Å². The standard InChI is InChI=1S/C8H5BrN4O2/c9-5-3-10-4-11-7(5)8(14)12-6-1-2-15-13-6/h1-4H,(H,12,13,14). The molecule has 0 aromatic carbocycles. The second kappa shape index (κ2) is 4.18. The maximum atomic E-state index is 11.6. The number of halogens is 1. The molecule has 0 fully saturated rings. The van der Waals surface area contributed by atoms with Gasteiger partial charge in [0.25, 0.3) is 5.91 Å². The van der Waals surface area contributed by atoms with Gasteiger partial charge in [-0.3, -0.25) is 4.79 Å². The van der Waals surface area contributed by atoms with Crippen LogP contribution in [0.5, 0.6) is 0 Å². The highest BCUT2D eigenvalue weighted by Gasteiger charge is 2.12. The molecule has 1 N–H and O–H groups in total. The maximum Gasteiger partial charge on any atom is 0.276 e. The first-order valence-electron chi connectivity index (χ1n) is 3.94. The van der Waals surface area contributed by atoms with E-state index in [1.54, 1.807) is 0 Å². The molecule has 1 amide bonds. The lowest BCUT2D eigenvalue weighted by Crippen LogP contribution is -2.14. The molecule has 76 valence electrons. The number of hydrogen-bond acceptors (Lipinski definition) is 5. The van der Waals surface area contributed by atoms with Crippen molar-refractivity contribution < 1.29 is 9.32 Å². The Hall–Kier alpha value is -1.76. The largest absolute Gasteiger partial charge is 0.363 e. The van der Waals surface area contributed by atoms with E-state index in [1.807, 2.05) is 0 Å². The van der Waals surface area contributed by atoms with Crippen LogP contribution in [0, 0.1) is 0 Å². The van der Waals surface area contributed by atoms with E-state index in [1.165, 1.54) is 24.9 Å². The minimum absolute atomic E-state index is 0.244. The summed E-state index contributed by atoms with van der Waals surface area (Å²) in [6.45, 7) is 0. The van der Waals surface area contributed by atoms with Gasteiger partial charge in [0.2, 0.25) is 0 Å². The summed E-state index contributed by atoms with van der Waals surface area (Å²) < 4.78 is 5.09. The van der Waals surface area contributed by atoms with Crippen molar-refractivity contribution in [3.63, 3.8) is 0 Å². The lowest BCUT2D eigenvalue weighted by molar-refractivity contribution is 0.102. The number of carbonyl (C=O) groups is 1. The molecule has 0 bridgehead atoms.